The van der Waals surface area contributed by atoms with Gasteiger partial charge in [-0.3, -0.25) is 4.90 Å². The predicted molar refractivity (Wildman–Crippen MR) is 84.2 cm³/mol. The fourth-order valence-corrected chi connectivity index (χ4v) is 2.74. The maximum atomic E-state index is 5.85. The summed E-state index contributed by atoms with van der Waals surface area (Å²) in [6.07, 6.45) is 0.641. The second kappa shape index (κ2) is 7.71. The van der Waals surface area contributed by atoms with Crippen molar-refractivity contribution in [3.63, 3.8) is 0 Å². The third kappa shape index (κ3) is 4.28. The standard InChI is InChI=1S/C15H24N4O3/c1-13-16-14(19-5-9-21-10-6-19)12-15(17-13)22-11-4-18-2-7-20-8-3-18/h1-12H2. The van der Waals surface area contributed by atoms with Gasteiger partial charge in [-0.15, -0.1) is 0 Å². The molecule has 0 bridgehead atoms. The Kier molecular flexibility index (Phi) is 5.42. The Labute approximate surface area is 131 Å². The van der Waals surface area contributed by atoms with Gasteiger partial charge in [-0.05, 0) is 0 Å². The van der Waals surface area contributed by atoms with Gasteiger partial charge in [0.05, 0.1) is 32.8 Å². The second-order valence-electron chi connectivity index (χ2n) is 5.53. The van der Waals surface area contributed by atoms with Gasteiger partial charge in [0.1, 0.15) is 18.3 Å². The molecular formula is C15H24N4O3. The molecule has 7 nitrogen and oxygen atoms in total. The van der Waals surface area contributed by atoms with Crippen molar-refractivity contribution in [2.24, 2.45) is 9.98 Å². The summed E-state index contributed by atoms with van der Waals surface area (Å²) in [5.74, 6) is 2.23. The molecule has 2 fully saturated rings. The molecule has 0 aromatic rings. The molecule has 2 saturated heterocycles. The Balaban J connectivity index is 1.46. The number of ether oxygens (including phenoxy) is 3. The molecule has 0 aromatic heterocycles. The summed E-state index contributed by atoms with van der Waals surface area (Å²) >= 11 is 0. The lowest BCUT2D eigenvalue weighted by atomic mass is 10.3. The Morgan fingerprint density at radius 2 is 1.68 bits per heavy atom. The van der Waals surface area contributed by atoms with Gasteiger partial charge in [-0.25, -0.2) is 4.99 Å². The highest BCUT2D eigenvalue weighted by Crippen LogP contribution is 2.13. The normalized spacial score (nSPS) is 24.0. The molecule has 0 saturated carbocycles. The molecule has 3 rings (SSSR count). The fourth-order valence-electron chi connectivity index (χ4n) is 2.74. The van der Waals surface area contributed by atoms with E-state index in [1.165, 1.54) is 0 Å². The number of hydrogen-bond acceptors (Lipinski definition) is 7. The number of morpholine rings is 2. The highest BCUT2D eigenvalue weighted by Gasteiger charge is 2.21. The van der Waals surface area contributed by atoms with Crippen LogP contribution in [-0.2, 0) is 14.2 Å². The first-order valence-corrected chi connectivity index (χ1v) is 7.91. The van der Waals surface area contributed by atoms with Crippen LogP contribution in [0.4, 0.5) is 0 Å². The minimum Gasteiger partial charge on any atom is -0.479 e. The van der Waals surface area contributed by atoms with Crippen molar-refractivity contribution in [1.29, 1.82) is 0 Å². The SMILES string of the molecule is C=C1N=C(OCCN2CCOCC2)CC(N2CCOCC2)=N1. The molecule has 3 aliphatic heterocycles. The zero-order valence-electron chi connectivity index (χ0n) is 13.0. The van der Waals surface area contributed by atoms with Crippen molar-refractivity contribution in [3.05, 3.63) is 12.4 Å². The molecule has 0 spiro atoms. The Hall–Kier alpha value is -1.44. The molecule has 3 aliphatic rings. The van der Waals surface area contributed by atoms with E-state index in [4.69, 9.17) is 14.2 Å². The van der Waals surface area contributed by atoms with Gasteiger partial charge in [0.2, 0.25) is 0 Å². The molecule has 122 valence electrons. The first kappa shape index (κ1) is 15.5. The lowest BCUT2D eigenvalue weighted by molar-refractivity contribution is 0.0313. The third-order valence-electron chi connectivity index (χ3n) is 3.98. The molecule has 0 amide bonds. The zero-order valence-corrected chi connectivity index (χ0v) is 13.0. The van der Waals surface area contributed by atoms with E-state index < -0.39 is 0 Å². The van der Waals surface area contributed by atoms with Crippen LogP contribution in [0.25, 0.3) is 0 Å². The monoisotopic (exact) mass is 308 g/mol. The Morgan fingerprint density at radius 1 is 1.00 bits per heavy atom. The van der Waals surface area contributed by atoms with Crippen molar-refractivity contribution < 1.29 is 14.2 Å². The van der Waals surface area contributed by atoms with Gasteiger partial charge in [0.15, 0.2) is 5.90 Å². The fraction of sp³-hybridized carbons (Fsp3) is 0.733. The van der Waals surface area contributed by atoms with Crippen LogP contribution >= 0.6 is 0 Å². The van der Waals surface area contributed by atoms with Crippen LogP contribution in [0.2, 0.25) is 0 Å². The summed E-state index contributed by atoms with van der Waals surface area (Å²) in [5, 5.41) is 0. The number of amidine groups is 1. The smallest absolute Gasteiger partial charge is 0.197 e. The van der Waals surface area contributed by atoms with Gasteiger partial charge in [0, 0.05) is 32.7 Å². The summed E-state index contributed by atoms with van der Waals surface area (Å²) in [6.45, 7) is 12.2. The first-order valence-electron chi connectivity index (χ1n) is 7.91. The second-order valence-corrected chi connectivity index (χ2v) is 5.53. The quantitative estimate of drug-likeness (QED) is 0.752. The summed E-state index contributed by atoms with van der Waals surface area (Å²) in [6, 6.07) is 0. The Morgan fingerprint density at radius 3 is 2.41 bits per heavy atom. The number of hydrogen-bond donors (Lipinski definition) is 0. The van der Waals surface area contributed by atoms with E-state index in [2.05, 4.69) is 26.4 Å². The molecule has 7 heteroatoms. The maximum Gasteiger partial charge on any atom is 0.197 e. The molecule has 0 radical (unpaired) electrons. The molecular weight excluding hydrogens is 284 g/mol. The molecule has 0 N–H and O–H groups in total. The van der Waals surface area contributed by atoms with E-state index in [1.54, 1.807) is 0 Å². The van der Waals surface area contributed by atoms with Crippen LogP contribution in [0, 0.1) is 0 Å². The van der Waals surface area contributed by atoms with E-state index in [0.29, 0.717) is 18.8 Å². The van der Waals surface area contributed by atoms with E-state index in [-0.39, 0.29) is 0 Å². The van der Waals surface area contributed by atoms with E-state index in [9.17, 15) is 0 Å². The number of rotatable bonds is 3. The predicted octanol–water partition coefficient (Wildman–Crippen LogP) is 0.339. The van der Waals surface area contributed by atoms with Crippen LogP contribution < -0.4 is 0 Å². The lowest BCUT2D eigenvalue weighted by Gasteiger charge is -2.31. The highest BCUT2D eigenvalue weighted by molar-refractivity contribution is 6.02. The van der Waals surface area contributed by atoms with E-state index in [1.807, 2.05) is 0 Å². The van der Waals surface area contributed by atoms with Crippen LogP contribution in [0.3, 0.4) is 0 Å². The molecule has 3 heterocycles. The topological polar surface area (TPSA) is 58.9 Å². The minimum atomic E-state index is 0.522. The summed E-state index contributed by atoms with van der Waals surface area (Å²) in [4.78, 5) is 13.4. The zero-order chi connectivity index (χ0) is 15.2. The van der Waals surface area contributed by atoms with E-state index >= 15 is 0 Å². The van der Waals surface area contributed by atoms with Gasteiger partial charge < -0.3 is 19.1 Å². The average Bonchev–Trinajstić information content (AvgIpc) is 2.56. The van der Waals surface area contributed by atoms with Crippen molar-refractivity contribution in [2.45, 2.75) is 6.42 Å². The molecule has 0 unspecified atom stereocenters. The summed E-state index contributed by atoms with van der Waals surface area (Å²) in [7, 11) is 0. The van der Waals surface area contributed by atoms with Crippen molar-refractivity contribution in [3.8, 4) is 0 Å². The maximum absolute atomic E-state index is 5.85. The molecule has 0 aliphatic carbocycles. The molecule has 0 atom stereocenters. The highest BCUT2D eigenvalue weighted by atomic mass is 16.5. The molecule has 22 heavy (non-hydrogen) atoms. The largest absolute Gasteiger partial charge is 0.479 e. The van der Waals surface area contributed by atoms with Gasteiger partial charge in [0.25, 0.3) is 0 Å². The van der Waals surface area contributed by atoms with Gasteiger partial charge in [-0.1, -0.05) is 6.58 Å². The van der Waals surface area contributed by atoms with Crippen molar-refractivity contribution in [2.75, 3.05) is 65.8 Å². The third-order valence-corrected chi connectivity index (χ3v) is 3.98. The van der Waals surface area contributed by atoms with Crippen molar-refractivity contribution >= 4 is 11.7 Å². The van der Waals surface area contributed by atoms with Crippen LogP contribution in [0.1, 0.15) is 6.42 Å². The van der Waals surface area contributed by atoms with E-state index in [0.717, 1.165) is 70.9 Å². The van der Waals surface area contributed by atoms with Crippen LogP contribution in [0.15, 0.2) is 22.4 Å². The van der Waals surface area contributed by atoms with Crippen LogP contribution in [0.5, 0.6) is 0 Å². The summed E-state index contributed by atoms with van der Waals surface area (Å²) < 4.78 is 16.6. The lowest BCUT2D eigenvalue weighted by Crippen LogP contribution is -2.42. The Bertz CT molecular complexity index is 452. The van der Waals surface area contributed by atoms with Gasteiger partial charge in [-0.2, -0.15) is 4.99 Å². The molecule has 0 aromatic carbocycles. The first-order chi connectivity index (χ1) is 10.8. The average molecular weight is 308 g/mol. The summed E-state index contributed by atoms with van der Waals surface area (Å²) in [5.41, 5.74) is 0. The van der Waals surface area contributed by atoms with Crippen LogP contribution in [-0.4, -0.2) is 87.3 Å². The van der Waals surface area contributed by atoms with Crippen molar-refractivity contribution in [1.82, 2.24) is 9.80 Å². The number of aliphatic imine (C=N–C) groups is 2. The number of nitrogens with zero attached hydrogens (tertiary/aromatic N) is 4. The minimum absolute atomic E-state index is 0.522. The van der Waals surface area contributed by atoms with Gasteiger partial charge >= 0.3 is 0 Å².